The van der Waals surface area contributed by atoms with Crippen molar-refractivity contribution in [2.45, 2.75) is 6.92 Å². The molecule has 0 aliphatic heterocycles. The van der Waals surface area contributed by atoms with Crippen LogP contribution in [0.4, 0.5) is 0 Å². The third kappa shape index (κ3) is 3.32. The Kier molecular flexibility index (Phi) is 4.43. The Hall–Kier alpha value is -3.45. The number of para-hydroxylation sites is 1. The van der Waals surface area contributed by atoms with Gasteiger partial charge < -0.3 is 4.98 Å². The Balaban J connectivity index is 1.48. The number of rotatable bonds is 3. The molecule has 0 fully saturated rings. The first kappa shape index (κ1) is 17.0. The van der Waals surface area contributed by atoms with Gasteiger partial charge in [0, 0.05) is 22.7 Å². The van der Waals surface area contributed by atoms with Gasteiger partial charge in [-0.25, -0.2) is 4.98 Å². The van der Waals surface area contributed by atoms with Crippen LogP contribution in [0.15, 0.2) is 60.8 Å². The van der Waals surface area contributed by atoms with Crippen LogP contribution in [0.5, 0.6) is 0 Å². The minimum Gasteiger partial charge on any atom is -0.360 e. The van der Waals surface area contributed by atoms with Crippen LogP contribution in [0.2, 0.25) is 0 Å². The van der Waals surface area contributed by atoms with Gasteiger partial charge >= 0.3 is 0 Å². The minimum absolute atomic E-state index is 0.383. The van der Waals surface area contributed by atoms with Crippen LogP contribution in [0.1, 0.15) is 25.7 Å². The number of nitrogens with one attached hydrogen (secondary N) is 3. The molecule has 0 atom stereocenters. The first-order valence-electron chi connectivity index (χ1n) is 8.33. The summed E-state index contributed by atoms with van der Waals surface area (Å²) in [6.07, 6.45) is 1.62. The molecule has 2 heterocycles. The Morgan fingerprint density at radius 2 is 1.67 bits per heavy atom. The minimum atomic E-state index is -0.389. The van der Waals surface area contributed by atoms with E-state index in [0.29, 0.717) is 16.1 Å². The number of benzene rings is 2. The Morgan fingerprint density at radius 1 is 0.963 bits per heavy atom. The third-order valence-electron chi connectivity index (χ3n) is 4.15. The lowest BCUT2D eigenvalue weighted by Crippen LogP contribution is -2.41. The van der Waals surface area contributed by atoms with Gasteiger partial charge in [-0.1, -0.05) is 48.5 Å². The molecular weight excluding hydrogens is 360 g/mol. The van der Waals surface area contributed by atoms with Crippen LogP contribution < -0.4 is 10.9 Å². The number of thiazole rings is 1. The number of carbonyl (C=O) groups is 2. The number of H-pyrrole nitrogens is 1. The summed E-state index contributed by atoms with van der Waals surface area (Å²) in [5.41, 5.74) is 7.85. The van der Waals surface area contributed by atoms with Crippen molar-refractivity contribution in [3.63, 3.8) is 0 Å². The van der Waals surface area contributed by atoms with E-state index < -0.39 is 0 Å². The monoisotopic (exact) mass is 376 g/mol. The summed E-state index contributed by atoms with van der Waals surface area (Å²) in [6, 6.07) is 17.1. The molecule has 27 heavy (non-hydrogen) atoms. The first-order valence-corrected chi connectivity index (χ1v) is 9.15. The van der Waals surface area contributed by atoms with Crippen LogP contribution in [-0.4, -0.2) is 21.8 Å². The first-order chi connectivity index (χ1) is 13.1. The summed E-state index contributed by atoms with van der Waals surface area (Å²) in [4.78, 5) is 32.9. The molecule has 6 nitrogen and oxygen atoms in total. The van der Waals surface area contributed by atoms with E-state index in [1.165, 1.54) is 11.3 Å². The quantitative estimate of drug-likeness (QED) is 0.477. The average molecular weight is 376 g/mol. The largest absolute Gasteiger partial charge is 0.360 e. The fraction of sp³-hybridized carbons (Fsp3) is 0.0500. The summed E-state index contributed by atoms with van der Waals surface area (Å²) >= 11 is 1.29. The molecule has 2 aromatic carbocycles. The van der Waals surface area contributed by atoms with Gasteiger partial charge in [-0.15, -0.1) is 11.3 Å². The van der Waals surface area contributed by atoms with E-state index in [1.807, 2.05) is 54.6 Å². The van der Waals surface area contributed by atoms with Crippen molar-refractivity contribution in [3.05, 3.63) is 76.9 Å². The van der Waals surface area contributed by atoms with Crippen molar-refractivity contribution in [3.8, 4) is 10.6 Å². The predicted molar refractivity (Wildman–Crippen MR) is 106 cm³/mol. The van der Waals surface area contributed by atoms with E-state index in [2.05, 4.69) is 20.8 Å². The smallest absolute Gasteiger partial charge is 0.281 e. The van der Waals surface area contributed by atoms with E-state index in [-0.39, 0.29) is 11.8 Å². The van der Waals surface area contributed by atoms with Crippen LogP contribution in [0.25, 0.3) is 21.5 Å². The number of aromatic amines is 1. The molecule has 134 valence electrons. The molecule has 0 aliphatic rings. The lowest BCUT2D eigenvalue weighted by atomic mass is 10.2. The summed E-state index contributed by atoms with van der Waals surface area (Å²) in [5.74, 6) is -0.772. The SMILES string of the molecule is Cc1nc(-c2ccccc2)sc1C(=O)NNC(=O)c1c[nH]c2ccccc12. The zero-order valence-corrected chi connectivity index (χ0v) is 15.3. The molecule has 0 radical (unpaired) electrons. The maximum absolute atomic E-state index is 12.5. The molecule has 4 rings (SSSR count). The van der Waals surface area contributed by atoms with Gasteiger partial charge in [-0.2, -0.15) is 0 Å². The molecule has 0 spiro atoms. The Morgan fingerprint density at radius 3 is 2.48 bits per heavy atom. The van der Waals surface area contributed by atoms with Gasteiger partial charge in [-0.05, 0) is 13.0 Å². The number of carbonyl (C=O) groups excluding carboxylic acids is 2. The topological polar surface area (TPSA) is 86.9 Å². The summed E-state index contributed by atoms with van der Waals surface area (Å²) in [7, 11) is 0. The number of fused-ring (bicyclic) bond motifs is 1. The Bertz CT molecular complexity index is 1130. The molecule has 2 amide bonds. The average Bonchev–Trinajstić information content (AvgIpc) is 3.30. The highest BCUT2D eigenvalue weighted by molar-refractivity contribution is 7.17. The third-order valence-corrected chi connectivity index (χ3v) is 5.35. The van der Waals surface area contributed by atoms with E-state index in [4.69, 9.17) is 0 Å². The highest BCUT2D eigenvalue weighted by atomic mass is 32.1. The molecule has 0 unspecified atom stereocenters. The van der Waals surface area contributed by atoms with E-state index in [1.54, 1.807) is 13.1 Å². The predicted octanol–water partition coefficient (Wildman–Crippen LogP) is 3.67. The molecule has 0 aliphatic carbocycles. The molecule has 4 aromatic rings. The second-order valence-corrected chi connectivity index (χ2v) is 6.95. The normalized spacial score (nSPS) is 10.7. The van der Waals surface area contributed by atoms with Crippen LogP contribution in [-0.2, 0) is 0 Å². The number of hydrogen-bond donors (Lipinski definition) is 3. The number of nitrogens with zero attached hydrogens (tertiary/aromatic N) is 1. The van der Waals surface area contributed by atoms with Gasteiger partial charge in [0.2, 0.25) is 0 Å². The number of amides is 2. The second-order valence-electron chi connectivity index (χ2n) is 5.96. The van der Waals surface area contributed by atoms with Gasteiger partial charge in [0.1, 0.15) is 9.88 Å². The van der Waals surface area contributed by atoms with Gasteiger partial charge in [0.05, 0.1) is 11.3 Å². The van der Waals surface area contributed by atoms with E-state index in [0.717, 1.165) is 21.5 Å². The van der Waals surface area contributed by atoms with Crippen molar-refractivity contribution >= 4 is 34.1 Å². The maximum Gasteiger partial charge on any atom is 0.281 e. The molecule has 0 saturated carbocycles. The zero-order valence-electron chi connectivity index (χ0n) is 14.4. The van der Waals surface area contributed by atoms with Crippen LogP contribution >= 0.6 is 11.3 Å². The van der Waals surface area contributed by atoms with Gasteiger partial charge in [0.25, 0.3) is 11.8 Å². The van der Waals surface area contributed by atoms with Crippen LogP contribution in [0.3, 0.4) is 0 Å². The zero-order chi connectivity index (χ0) is 18.8. The fourth-order valence-corrected chi connectivity index (χ4v) is 3.78. The van der Waals surface area contributed by atoms with Crippen molar-refractivity contribution < 1.29 is 9.59 Å². The number of hydrogen-bond acceptors (Lipinski definition) is 4. The second kappa shape index (κ2) is 7.05. The van der Waals surface area contributed by atoms with E-state index >= 15 is 0 Å². The lowest BCUT2D eigenvalue weighted by molar-refractivity contribution is 0.0849. The summed E-state index contributed by atoms with van der Waals surface area (Å²) < 4.78 is 0. The lowest BCUT2D eigenvalue weighted by Gasteiger charge is -2.05. The highest BCUT2D eigenvalue weighted by Gasteiger charge is 2.18. The number of aromatic nitrogens is 2. The molecular formula is C20H16N4O2S. The van der Waals surface area contributed by atoms with Crippen LogP contribution in [0, 0.1) is 6.92 Å². The van der Waals surface area contributed by atoms with Crippen molar-refractivity contribution in [1.29, 1.82) is 0 Å². The molecule has 0 saturated heterocycles. The standard InChI is InChI=1S/C20H16N4O2S/c1-12-17(27-20(22-12)13-7-3-2-4-8-13)19(26)24-23-18(25)15-11-21-16-10-6-5-9-14(15)16/h2-11,21H,1H3,(H,23,25)(H,24,26). The summed E-state index contributed by atoms with van der Waals surface area (Å²) in [6.45, 7) is 1.78. The van der Waals surface area contributed by atoms with Gasteiger partial charge in [-0.3, -0.25) is 20.4 Å². The van der Waals surface area contributed by atoms with Crippen molar-refractivity contribution in [2.75, 3.05) is 0 Å². The molecule has 0 bridgehead atoms. The number of aryl methyl sites for hydroxylation is 1. The van der Waals surface area contributed by atoms with Crippen molar-refractivity contribution in [2.24, 2.45) is 0 Å². The molecule has 2 aromatic heterocycles. The van der Waals surface area contributed by atoms with E-state index in [9.17, 15) is 9.59 Å². The molecule has 3 N–H and O–H groups in total. The van der Waals surface area contributed by atoms with Crippen molar-refractivity contribution in [1.82, 2.24) is 20.8 Å². The fourth-order valence-electron chi connectivity index (χ4n) is 2.81. The summed E-state index contributed by atoms with van der Waals surface area (Å²) in [5, 5.41) is 1.56. The molecule has 7 heteroatoms. The number of hydrazine groups is 1. The maximum atomic E-state index is 12.5. The Labute approximate surface area is 159 Å². The highest BCUT2D eigenvalue weighted by Crippen LogP contribution is 2.27. The van der Waals surface area contributed by atoms with Gasteiger partial charge in [0.15, 0.2) is 0 Å².